The minimum atomic E-state index is -0.638. The minimum absolute atomic E-state index is 0.190. The summed E-state index contributed by atoms with van der Waals surface area (Å²) < 4.78 is 25.8. The van der Waals surface area contributed by atoms with Crippen LogP contribution in [0.25, 0.3) is 0 Å². The van der Waals surface area contributed by atoms with Gasteiger partial charge in [0.15, 0.2) is 0 Å². The lowest BCUT2D eigenvalue weighted by Crippen LogP contribution is -2.18. The van der Waals surface area contributed by atoms with Gasteiger partial charge < -0.3 is 5.32 Å². The zero-order valence-corrected chi connectivity index (χ0v) is 9.30. The fourth-order valence-corrected chi connectivity index (χ4v) is 1.28. The normalized spacial score (nSPS) is 12.2. The van der Waals surface area contributed by atoms with E-state index in [1.165, 1.54) is 12.1 Å². The Labute approximate surface area is 93.9 Å². The molecule has 0 aliphatic carbocycles. The highest BCUT2D eigenvalue weighted by Gasteiger charge is 2.12. The van der Waals surface area contributed by atoms with Gasteiger partial charge in [0.2, 0.25) is 0 Å². The van der Waals surface area contributed by atoms with Crippen molar-refractivity contribution in [2.75, 3.05) is 11.9 Å². The zero-order valence-electron chi connectivity index (χ0n) is 9.30. The molecule has 0 amide bonds. The Morgan fingerprint density at radius 1 is 1.38 bits per heavy atom. The van der Waals surface area contributed by atoms with Gasteiger partial charge in [0, 0.05) is 12.6 Å². The highest BCUT2D eigenvalue weighted by Crippen LogP contribution is 2.17. The summed E-state index contributed by atoms with van der Waals surface area (Å²) >= 11 is 0. The van der Waals surface area contributed by atoms with Crippen molar-refractivity contribution in [1.82, 2.24) is 0 Å². The molecule has 0 aromatic heterocycles. The Balaban J connectivity index is 2.64. The van der Waals surface area contributed by atoms with E-state index >= 15 is 0 Å². The summed E-state index contributed by atoms with van der Waals surface area (Å²) in [6.07, 6.45) is 0. The molecule has 0 saturated heterocycles. The average Bonchev–Trinajstić information content (AvgIpc) is 2.21. The van der Waals surface area contributed by atoms with Gasteiger partial charge in [0.1, 0.15) is 11.6 Å². The summed E-state index contributed by atoms with van der Waals surface area (Å²) in [6.45, 7) is 4.21. The molecule has 1 unspecified atom stereocenters. The van der Waals surface area contributed by atoms with Crippen molar-refractivity contribution in [1.29, 1.82) is 5.26 Å². The second-order valence-corrected chi connectivity index (χ2v) is 3.98. The van der Waals surface area contributed by atoms with Gasteiger partial charge in [-0.15, -0.1) is 0 Å². The topological polar surface area (TPSA) is 35.8 Å². The molecule has 2 nitrogen and oxygen atoms in total. The largest absolute Gasteiger partial charge is 0.381 e. The van der Waals surface area contributed by atoms with Crippen molar-refractivity contribution in [3.63, 3.8) is 0 Å². The Morgan fingerprint density at radius 3 is 2.56 bits per heavy atom. The first kappa shape index (κ1) is 12.4. The molecule has 0 aliphatic heterocycles. The van der Waals surface area contributed by atoms with Gasteiger partial charge in [-0.05, 0) is 18.1 Å². The van der Waals surface area contributed by atoms with E-state index < -0.39 is 11.6 Å². The molecule has 0 aliphatic rings. The third-order valence-electron chi connectivity index (χ3n) is 2.41. The number of anilines is 1. The maximum absolute atomic E-state index is 13.2. The minimum Gasteiger partial charge on any atom is -0.381 e. The van der Waals surface area contributed by atoms with E-state index in [2.05, 4.69) is 11.4 Å². The van der Waals surface area contributed by atoms with Crippen LogP contribution >= 0.6 is 0 Å². The average molecular weight is 224 g/mol. The second-order valence-electron chi connectivity index (χ2n) is 3.98. The van der Waals surface area contributed by atoms with Gasteiger partial charge in [-0.3, -0.25) is 0 Å². The standard InChI is InChI=1S/C12H14F2N2/c1-8(2)9(6-15)7-16-12-4-3-10(13)5-11(12)14/h3-5,8-9,16H,7H2,1-2H3. The molecule has 0 saturated carbocycles. The van der Waals surface area contributed by atoms with E-state index in [1.807, 2.05) is 13.8 Å². The maximum atomic E-state index is 13.2. The predicted molar refractivity (Wildman–Crippen MR) is 58.8 cm³/mol. The van der Waals surface area contributed by atoms with Crippen LogP contribution in [0.3, 0.4) is 0 Å². The van der Waals surface area contributed by atoms with Crippen molar-refractivity contribution >= 4 is 5.69 Å². The molecule has 1 N–H and O–H groups in total. The summed E-state index contributed by atoms with van der Waals surface area (Å²) in [5, 5.41) is 11.7. The number of hydrogen-bond acceptors (Lipinski definition) is 2. The van der Waals surface area contributed by atoms with Crippen molar-refractivity contribution in [3.8, 4) is 6.07 Å². The van der Waals surface area contributed by atoms with Crippen molar-refractivity contribution in [2.45, 2.75) is 13.8 Å². The smallest absolute Gasteiger partial charge is 0.149 e. The molecule has 1 atom stereocenters. The van der Waals surface area contributed by atoms with E-state index in [0.717, 1.165) is 6.07 Å². The van der Waals surface area contributed by atoms with Crippen molar-refractivity contribution < 1.29 is 8.78 Å². The zero-order chi connectivity index (χ0) is 12.1. The predicted octanol–water partition coefficient (Wildman–Crippen LogP) is 3.17. The van der Waals surface area contributed by atoms with Crippen LogP contribution < -0.4 is 5.32 Å². The molecule has 0 spiro atoms. The molecule has 0 radical (unpaired) electrons. The van der Waals surface area contributed by atoms with Gasteiger partial charge in [-0.2, -0.15) is 5.26 Å². The van der Waals surface area contributed by atoms with E-state index in [4.69, 9.17) is 5.26 Å². The lowest BCUT2D eigenvalue weighted by molar-refractivity contribution is 0.494. The van der Waals surface area contributed by atoms with Crippen molar-refractivity contribution in [2.24, 2.45) is 11.8 Å². The van der Waals surface area contributed by atoms with E-state index in [9.17, 15) is 8.78 Å². The van der Waals surface area contributed by atoms with E-state index in [-0.39, 0.29) is 17.5 Å². The van der Waals surface area contributed by atoms with Gasteiger partial charge in [-0.25, -0.2) is 8.78 Å². The molecular formula is C12H14F2N2. The number of nitrogens with zero attached hydrogens (tertiary/aromatic N) is 1. The first-order valence-electron chi connectivity index (χ1n) is 5.13. The van der Waals surface area contributed by atoms with E-state index in [1.54, 1.807) is 0 Å². The maximum Gasteiger partial charge on any atom is 0.149 e. The Hall–Kier alpha value is -1.63. The van der Waals surface area contributed by atoms with Crippen LogP contribution in [-0.4, -0.2) is 6.54 Å². The number of nitriles is 1. The molecule has 1 aromatic carbocycles. The summed E-state index contributed by atoms with van der Waals surface area (Å²) in [7, 11) is 0. The molecule has 4 heteroatoms. The third kappa shape index (κ3) is 3.20. The van der Waals surface area contributed by atoms with Crippen LogP contribution in [-0.2, 0) is 0 Å². The fourth-order valence-electron chi connectivity index (χ4n) is 1.28. The first-order chi connectivity index (χ1) is 7.54. The number of nitrogens with one attached hydrogen (secondary N) is 1. The van der Waals surface area contributed by atoms with Crippen LogP contribution in [0.15, 0.2) is 18.2 Å². The third-order valence-corrected chi connectivity index (χ3v) is 2.41. The van der Waals surface area contributed by atoms with Crippen LogP contribution in [0.5, 0.6) is 0 Å². The molecule has 1 aromatic rings. The van der Waals surface area contributed by atoms with Gasteiger partial charge >= 0.3 is 0 Å². The number of rotatable bonds is 4. The number of hydrogen-bond donors (Lipinski definition) is 1. The quantitative estimate of drug-likeness (QED) is 0.852. The summed E-state index contributed by atoms with van der Waals surface area (Å²) in [5.41, 5.74) is 0.224. The molecule has 0 bridgehead atoms. The first-order valence-corrected chi connectivity index (χ1v) is 5.13. The van der Waals surface area contributed by atoms with Gasteiger partial charge in [-0.1, -0.05) is 13.8 Å². The molecule has 0 fully saturated rings. The Morgan fingerprint density at radius 2 is 2.06 bits per heavy atom. The van der Waals surface area contributed by atoms with Crippen molar-refractivity contribution in [3.05, 3.63) is 29.8 Å². The fraction of sp³-hybridized carbons (Fsp3) is 0.417. The summed E-state index contributed by atoms with van der Waals surface area (Å²) in [4.78, 5) is 0. The van der Waals surface area contributed by atoms with Crippen LogP contribution in [0.1, 0.15) is 13.8 Å². The monoisotopic (exact) mass is 224 g/mol. The van der Waals surface area contributed by atoms with Crippen LogP contribution in [0, 0.1) is 34.8 Å². The Kier molecular flexibility index (Phi) is 4.24. The highest BCUT2D eigenvalue weighted by atomic mass is 19.1. The Bertz CT molecular complexity index is 396. The highest BCUT2D eigenvalue weighted by molar-refractivity contribution is 5.44. The lowest BCUT2D eigenvalue weighted by Gasteiger charge is -2.14. The number of halogens is 2. The molecule has 1 rings (SSSR count). The lowest BCUT2D eigenvalue weighted by atomic mass is 9.97. The summed E-state index contributed by atoms with van der Waals surface area (Å²) in [5.74, 6) is -1.24. The SMILES string of the molecule is CC(C)C(C#N)CNc1ccc(F)cc1F. The van der Waals surface area contributed by atoms with Crippen LogP contribution in [0.2, 0.25) is 0 Å². The number of benzene rings is 1. The molecule has 86 valence electrons. The molecule has 0 heterocycles. The second kappa shape index (κ2) is 5.45. The molecule has 16 heavy (non-hydrogen) atoms. The van der Waals surface area contributed by atoms with Gasteiger partial charge in [0.25, 0.3) is 0 Å². The molecular weight excluding hydrogens is 210 g/mol. The van der Waals surface area contributed by atoms with Gasteiger partial charge in [0.05, 0.1) is 17.7 Å². The van der Waals surface area contributed by atoms with Crippen LogP contribution in [0.4, 0.5) is 14.5 Å². The summed E-state index contributed by atoms with van der Waals surface area (Å²) in [6, 6.07) is 5.48. The van der Waals surface area contributed by atoms with E-state index in [0.29, 0.717) is 6.54 Å².